The number of rotatable bonds is 5. The number of anilines is 1. The number of hydrogen-bond acceptors (Lipinski definition) is 5. The molecule has 0 spiro atoms. The van der Waals surface area contributed by atoms with E-state index in [2.05, 4.69) is 15.5 Å². The largest absolute Gasteiger partial charge is 0.461 e. The quantitative estimate of drug-likeness (QED) is 0.728. The number of nitrogens with one attached hydrogen (secondary N) is 1. The first kappa shape index (κ1) is 15.4. The molecule has 0 bridgehead atoms. The number of amides is 1. The molecule has 1 atom stereocenters. The zero-order valence-corrected chi connectivity index (χ0v) is 13.6. The van der Waals surface area contributed by atoms with Crippen LogP contribution in [-0.2, 0) is 11.8 Å². The summed E-state index contributed by atoms with van der Waals surface area (Å²) in [6, 6.07) is 13.0. The number of para-hydroxylation sites is 1. The van der Waals surface area contributed by atoms with Crippen molar-refractivity contribution in [3.05, 3.63) is 48.7 Å². The van der Waals surface area contributed by atoms with Gasteiger partial charge in [-0.15, -0.1) is 10.2 Å². The van der Waals surface area contributed by atoms with Gasteiger partial charge < -0.3 is 14.3 Å². The topological polar surface area (TPSA) is 73.0 Å². The lowest BCUT2D eigenvalue weighted by Gasteiger charge is -2.11. The van der Waals surface area contributed by atoms with Gasteiger partial charge in [-0.1, -0.05) is 30.0 Å². The zero-order chi connectivity index (χ0) is 16.2. The summed E-state index contributed by atoms with van der Waals surface area (Å²) >= 11 is 1.35. The van der Waals surface area contributed by atoms with Gasteiger partial charge in [0, 0.05) is 12.7 Å². The van der Waals surface area contributed by atoms with E-state index in [1.807, 2.05) is 54.9 Å². The van der Waals surface area contributed by atoms with Crippen molar-refractivity contribution in [2.24, 2.45) is 7.05 Å². The summed E-state index contributed by atoms with van der Waals surface area (Å²) in [4.78, 5) is 12.3. The highest BCUT2D eigenvalue weighted by Crippen LogP contribution is 2.26. The standard InChI is InChI=1S/C16H16N4O2S/c1-11(15(21)17-12-7-4-3-5-8-12)23-16-19-18-14(20(16)2)13-9-6-10-22-13/h3-11H,1-2H3,(H,17,21). The normalized spacial score (nSPS) is 12.1. The van der Waals surface area contributed by atoms with Gasteiger partial charge in [-0.3, -0.25) is 4.79 Å². The summed E-state index contributed by atoms with van der Waals surface area (Å²) in [6.45, 7) is 1.84. The van der Waals surface area contributed by atoms with E-state index in [0.29, 0.717) is 16.7 Å². The highest BCUT2D eigenvalue weighted by Gasteiger charge is 2.20. The number of carbonyl (C=O) groups is 1. The molecule has 2 heterocycles. The van der Waals surface area contributed by atoms with Crippen LogP contribution < -0.4 is 5.32 Å². The van der Waals surface area contributed by atoms with Crippen molar-refractivity contribution in [3.63, 3.8) is 0 Å². The first-order valence-electron chi connectivity index (χ1n) is 7.11. The van der Waals surface area contributed by atoms with E-state index in [1.54, 1.807) is 12.3 Å². The van der Waals surface area contributed by atoms with E-state index < -0.39 is 0 Å². The predicted molar refractivity (Wildman–Crippen MR) is 89.1 cm³/mol. The Labute approximate surface area is 137 Å². The third-order valence-corrected chi connectivity index (χ3v) is 4.40. The Morgan fingerprint density at radius 1 is 1.22 bits per heavy atom. The molecule has 0 aliphatic heterocycles. The van der Waals surface area contributed by atoms with Gasteiger partial charge in [0.05, 0.1) is 11.5 Å². The van der Waals surface area contributed by atoms with Crippen LogP contribution in [0, 0.1) is 0 Å². The molecule has 0 aliphatic carbocycles. The smallest absolute Gasteiger partial charge is 0.237 e. The van der Waals surface area contributed by atoms with E-state index in [1.165, 1.54) is 11.8 Å². The Bertz CT molecular complexity index is 784. The maximum atomic E-state index is 12.3. The second-order valence-electron chi connectivity index (χ2n) is 4.96. The van der Waals surface area contributed by atoms with Crippen molar-refractivity contribution >= 4 is 23.4 Å². The van der Waals surface area contributed by atoms with Gasteiger partial charge in [-0.25, -0.2) is 0 Å². The van der Waals surface area contributed by atoms with E-state index in [4.69, 9.17) is 4.42 Å². The molecule has 118 valence electrons. The second-order valence-corrected chi connectivity index (χ2v) is 6.27. The van der Waals surface area contributed by atoms with E-state index >= 15 is 0 Å². The van der Waals surface area contributed by atoms with Crippen LogP contribution in [0.3, 0.4) is 0 Å². The zero-order valence-electron chi connectivity index (χ0n) is 12.8. The molecule has 7 heteroatoms. The minimum atomic E-state index is -0.303. The molecule has 0 saturated carbocycles. The number of benzene rings is 1. The monoisotopic (exact) mass is 328 g/mol. The lowest BCUT2D eigenvalue weighted by Crippen LogP contribution is -2.22. The lowest BCUT2D eigenvalue weighted by atomic mass is 10.3. The van der Waals surface area contributed by atoms with Crippen molar-refractivity contribution in [1.82, 2.24) is 14.8 Å². The minimum absolute atomic E-state index is 0.0799. The Morgan fingerprint density at radius 3 is 2.70 bits per heavy atom. The Balaban J connectivity index is 1.68. The summed E-state index contributed by atoms with van der Waals surface area (Å²) in [7, 11) is 1.85. The van der Waals surface area contributed by atoms with Crippen molar-refractivity contribution in [3.8, 4) is 11.6 Å². The van der Waals surface area contributed by atoms with E-state index in [-0.39, 0.29) is 11.2 Å². The molecular formula is C16H16N4O2S. The highest BCUT2D eigenvalue weighted by molar-refractivity contribution is 8.00. The summed E-state index contributed by atoms with van der Waals surface area (Å²) in [5, 5.41) is 11.5. The molecule has 1 unspecified atom stereocenters. The maximum absolute atomic E-state index is 12.3. The summed E-state index contributed by atoms with van der Waals surface area (Å²) in [5.41, 5.74) is 0.777. The van der Waals surface area contributed by atoms with Gasteiger partial charge in [-0.2, -0.15) is 0 Å². The van der Waals surface area contributed by atoms with Crippen molar-refractivity contribution in [2.75, 3.05) is 5.32 Å². The molecule has 0 radical (unpaired) electrons. The van der Waals surface area contributed by atoms with Gasteiger partial charge in [0.15, 0.2) is 16.7 Å². The third-order valence-electron chi connectivity index (χ3n) is 3.27. The van der Waals surface area contributed by atoms with Gasteiger partial charge >= 0.3 is 0 Å². The van der Waals surface area contributed by atoms with Crippen LogP contribution in [0.2, 0.25) is 0 Å². The van der Waals surface area contributed by atoms with Crippen LogP contribution in [0.4, 0.5) is 5.69 Å². The molecule has 2 aromatic heterocycles. The van der Waals surface area contributed by atoms with Gasteiger partial charge in [0.1, 0.15) is 0 Å². The number of carbonyl (C=O) groups excluding carboxylic acids is 1. The highest BCUT2D eigenvalue weighted by atomic mass is 32.2. The number of thioether (sulfide) groups is 1. The molecule has 0 aliphatic rings. The van der Waals surface area contributed by atoms with Crippen LogP contribution >= 0.6 is 11.8 Å². The summed E-state index contributed by atoms with van der Waals surface area (Å²) < 4.78 is 7.15. The number of hydrogen-bond donors (Lipinski definition) is 1. The van der Waals surface area contributed by atoms with Gasteiger partial charge in [0.25, 0.3) is 0 Å². The molecule has 1 N–H and O–H groups in total. The second kappa shape index (κ2) is 6.70. The molecule has 3 aromatic rings. The first-order valence-corrected chi connectivity index (χ1v) is 7.99. The molecule has 6 nitrogen and oxygen atoms in total. The number of nitrogens with zero attached hydrogens (tertiary/aromatic N) is 3. The van der Waals surface area contributed by atoms with Gasteiger partial charge in [0.2, 0.25) is 5.91 Å². The Kier molecular flexibility index (Phi) is 4.47. The van der Waals surface area contributed by atoms with Crippen LogP contribution in [-0.4, -0.2) is 25.9 Å². The Hall–Kier alpha value is -2.54. The van der Waals surface area contributed by atoms with Gasteiger partial charge in [-0.05, 0) is 31.2 Å². The molecule has 0 fully saturated rings. The van der Waals surface area contributed by atoms with Crippen molar-refractivity contribution in [1.29, 1.82) is 0 Å². The van der Waals surface area contributed by atoms with E-state index in [0.717, 1.165) is 5.69 Å². The molecule has 3 rings (SSSR count). The fourth-order valence-corrected chi connectivity index (χ4v) is 2.83. The van der Waals surface area contributed by atoms with Crippen LogP contribution in [0.1, 0.15) is 6.92 Å². The molecular weight excluding hydrogens is 312 g/mol. The van der Waals surface area contributed by atoms with Crippen LogP contribution in [0.15, 0.2) is 58.3 Å². The predicted octanol–water partition coefficient (Wildman–Crippen LogP) is 3.19. The average molecular weight is 328 g/mol. The fraction of sp³-hybridized carbons (Fsp3) is 0.188. The van der Waals surface area contributed by atoms with Crippen LogP contribution in [0.25, 0.3) is 11.6 Å². The fourth-order valence-electron chi connectivity index (χ4n) is 2.01. The third kappa shape index (κ3) is 3.45. The SMILES string of the molecule is CC(Sc1nnc(-c2ccco2)n1C)C(=O)Nc1ccccc1. The lowest BCUT2D eigenvalue weighted by molar-refractivity contribution is -0.115. The number of furan rings is 1. The van der Waals surface area contributed by atoms with E-state index in [9.17, 15) is 4.79 Å². The van der Waals surface area contributed by atoms with Crippen molar-refractivity contribution in [2.45, 2.75) is 17.3 Å². The van der Waals surface area contributed by atoms with Crippen molar-refractivity contribution < 1.29 is 9.21 Å². The number of aromatic nitrogens is 3. The average Bonchev–Trinajstić information content (AvgIpc) is 3.19. The maximum Gasteiger partial charge on any atom is 0.237 e. The molecule has 0 saturated heterocycles. The summed E-state index contributed by atoms with van der Waals surface area (Å²) in [6.07, 6.45) is 1.59. The summed E-state index contributed by atoms with van der Waals surface area (Å²) in [5.74, 6) is 1.20. The molecule has 23 heavy (non-hydrogen) atoms. The minimum Gasteiger partial charge on any atom is -0.461 e. The first-order chi connectivity index (χ1) is 11.1. The molecule has 1 aromatic carbocycles. The molecule has 1 amide bonds. The Morgan fingerprint density at radius 2 is 2.00 bits per heavy atom. The van der Waals surface area contributed by atoms with Crippen LogP contribution in [0.5, 0.6) is 0 Å².